The van der Waals surface area contributed by atoms with Gasteiger partial charge >= 0.3 is 0 Å². The summed E-state index contributed by atoms with van der Waals surface area (Å²) in [7, 11) is 0. The van der Waals surface area contributed by atoms with Gasteiger partial charge in [0.1, 0.15) is 0 Å². The van der Waals surface area contributed by atoms with E-state index in [0.29, 0.717) is 19.7 Å². The number of morpholine rings is 1. The van der Waals surface area contributed by atoms with Crippen molar-refractivity contribution in [3.8, 4) is 0 Å². The topological polar surface area (TPSA) is 55.6 Å². The van der Waals surface area contributed by atoms with Crippen LogP contribution < -0.4 is 5.73 Å². The van der Waals surface area contributed by atoms with E-state index in [0.717, 1.165) is 19.3 Å². The minimum absolute atomic E-state index is 0.0820. The van der Waals surface area contributed by atoms with Gasteiger partial charge in [-0.25, -0.2) is 0 Å². The molecule has 4 heteroatoms. The molecule has 1 aliphatic rings. The molecule has 0 radical (unpaired) electrons. The Hall–Kier alpha value is -0.610. The molecule has 0 saturated carbocycles. The molecule has 0 aromatic carbocycles. The highest BCUT2D eigenvalue weighted by Gasteiger charge is 2.26. The maximum Gasteiger partial charge on any atom is 0.239 e. The number of ether oxygens (including phenoxy) is 1. The zero-order valence-corrected chi connectivity index (χ0v) is 9.74. The summed E-state index contributed by atoms with van der Waals surface area (Å²) in [4.78, 5) is 13.7. The summed E-state index contributed by atoms with van der Waals surface area (Å²) >= 11 is 0. The molecule has 88 valence electrons. The number of nitrogens with two attached hydrogens (primary N) is 1. The summed E-state index contributed by atoms with van der Waals surface area (Å²) in [5, 5.41) is 0. The first-order chi connectivity index (χ1) is 7.19. The summed E-state index contributed by atoms with van der Waals surface area (Å²) < 4.78 is 5.51. The van der Waals surface area contributed by atoms with Gasteiger partial charge in [-0.3, -0.25) is 4.79 Å². The fourth-order valence-corrected chi connectivity index (χ4v) is 1.84. The third-order valence-corrected chi connectivity index (χ3v) is 2.82. The average molecular weight is 214 g/mol. The first-order valence-electron chi connectivity index (χ1n) is 5.85. The second kappa shape index (κ2) is 6.08. The van der Waals surface area contributed by atoms with Gasteiger partial charge in [0.25, 0.3) is 0 Å². The van der Waals surface area contributed by atoms with E-state index < -0.39 is 0 Å². The Bertz CT molecular complexity index is 209. The third-order valence-electron chi connectivity index (χ3n) is 2.82. The first-order valence-corrected chi connectivity index (χ1v) is 5.85. The van der Waals surface area contributed by atoms with Crippen LogP contribution in [-0.4, -0.2) is 42.6 Å². The number of hydrogen-bond acceptors (Lipinski definition) is 3. The van der Waals surface area contributed by atoms with Gasteiger partial charge in [-0.1, -0.05) is 20.3 Å². The van der Waals surface area contributed by atoms with Crippen molar-refractivity contribution in [3.05, 3.63) is 0 Å². The highest BCUT2D eigenvalue weighted by atomic mass is 16.5. The van der Waals surface area contributed by atoms with E-state index >= 15 is 0 Å². The van der Waals surface area contributed by atoms with Crippen molar-refractivity contribution in [2.75, 3.05) is 19.7 Å². The van der Waals surface area contributed by atoms with Crippen LogP contribution in [0, 0.1) is 0 Å². The molecule has 4 nitrogen and oxygen atoms in total. The lowest BCUT2D eigenvalue weighted by atomic mass is 10.1. The van der Waals surface area contributed by atoms with Crippen LogP contribution >= 0.6 is 0 Å². The fraction of sp³-hybridized carbons (Fsp3) is 0.909. The fourth-order valence-electron chi connectivity index (χ4n) is 1.84. The molecule has 1 aliphatic heterocycles. The maximum absolute atomic E-state index is 11.9. The van der Waals surface area contributed by atoms with Crippen molar-refractivity contribution >= 4 is 5.91 Å². The van der Waals surface area contributed by atoms with E-state index in [-0.39, 0.29) is 18.1 Å². The molecule has 1 fully saturated rings. The number of hydrogen-bond donors (Lipinski definition) is 1. The molecule has 1 heterocycles. The van der Waals surface area contributed by atoms with E-state index in [9.17, 15) is 4.79 Å². The van der Waals surface area contributed by atoms with Gasteiger partial charge in [0.05, 0.1) is 18.8 Å². The van der Waals surface area contributed by atoms with Crippen LogP contribution in [0.2, 0.25) is 0 Å². The number of rotatable bonds is 4. The molecule has 0 spiro atoms. The van der Waals surface area contributed by atoms with Crippen LogP contribution in [0.25, 0.3) is 0 Å². The van der Waals surface area contributed by atoms with Gasteiger partial charge < -0.3 is 15.4 Å². The summed E-state index contributed by atoms with van der Waals surface area (Å²) in [5.41, 5.74) is 5.81. The van der Waals surface area contributed by atoms with Crippen molar-refractivity contribution < 1.29 is 9.53 Å². The van der Waals surface area contributed by atoms with Crippen LogP contribution in [-0.2, 0) is 9.53 Å². The van der Waals surface area contributed by atoms with Crippen molar-refractivity contribution in [2.45, 2.75) is 45.3 Å². The Balaban J connectivity index is 2.44. The lowest BCUT2D eigenvalue weighted by molar-refractivity contribution is -0.140. The predicted octanol–water partition coefficient (Wildman–Crippen LogP) is 0.751. The van der Waals surface area contributed by atoms with Crippen molar-refractivity contribution in [1.29, 1.82) is 0 Å². The normalized spacial score (nSPS) is 23.9. The molecule has 1 rings (SSSR count). The predicted molar refractivity (Wildman–Crippen MR) is 59.5 cm³/mol. The SMILES string of the molecule is CCC[C@H](N)C(=O)N1CCOC(CC)C1. The Morgan fingerprint density at radius 1 is 1.60 bits per heavy atom. The Kier molecular flexibility index (Phi) is 5.05. The molecule has 1 amide bonds. The highest BCUT2D eigenvalue weighted by Crippen LogP contribution is 2.10. The van der Waals surface area contributed by atoms with Gasteiger partial charge in [-0.2, -0.15) is 0 Å². The maximum atomic E-state index is 11.9. The lowest BCUT2D eigenvalue weighted by Gasteiger charge is -2.34. The van der Waals surface area contributed by atoms with Gasteiger partial charge in [0.2, 0.25) is 5.91 Å². The zero-order valence-electron chi connectivity index (χ0n) is 9.74. The smallest absolute Gasteiger partial charge is 0.239 e. The summed E-state index contributed by atoms with van der Waals surface area (Å²) in [6.45, 7) is 6.15. The average Bonchev–Trinajstić information content (AvgIpc) is 2.28. The molecule has 1 unspecified atom stereocenters. The van der Waals surface area contributed by atoms with Crippen LogP contribution in [0.1, 0.15) is 33.1 Å². The van der Waals surface area contributed by atoms with Crippen LogP contribution in [0.5, 0.6) is 0 Å². The molecule has 0 bridgehead atoms. The summed E-state index contributed by atoms with van der Waals surface area (Å²) in [6, 6.07) is -0.328. The molecule has 1 saturated heterocycles. The Morgan fingerprint density at radius 2 is 2.33 bits per heavy atom. The standard InChI is InChI=1S/C11H22N2O2/c1-3-5-10(12)11(14)13-6-7-15-9(4-2)8-13/h9-10H,3-8,12H2,1-2H3/t9?,10-/m0/s1. The van der Waals surface area contributed by atoms with E-state index in [1.54, 1.807) is 0 Å². The van der Waals surface area contributed by atoms with Crippen LogP contribution in [0.4, 0.5) is 0 Å². The second-order valence-electron chi connectivity index (χ2n) is 4.08. The molecule has 0 aliphatic carbocycles. The molecule has 0 aromatic heterocycles. The van der Waals surface area contributed by atoms with Gasteiger partial charge in [-0.15, -0.1) is 0 Å². The van der Waals surface area contributed by atoms with E-state index in [4.69, 9.17) is 10.5 Å². The van der Waals surface area contributed by atoms with Crippen molar-refractivity contribution in [1.82, 2.24) is 4.90 Å². The van der Waals surface area contributed by atoms with Crippen molar-refractivity contribution in [3.63, 3.8) is 0 Å². The minimum Gasteiger partial charge on any atom is -0.375 e. The number of carbonyl (C=O) groups is 1. The molecule has 0 aromatic rings. The van der Waals surface area contributed by atoms with Crippen LogP contribution in [0.3, 0.4) is 0 Å². The van der Waals surface area contributed by atoms with E-state index in [2.05, 4.69) is 6.92 Å². The first kappa shape index (κ1) is 12.5. The largest absolute Gasteiger partial charge is 0.375 e. The molecule has 15 heavy (non-hydrogen) atoms. The molecular formula is C11H22N2O2. The third kappa shape index (κ3) is 3.47. The number of carbonyl (C=O) groups excluding carboxylic acids is 1. The monoisotopic (exact) mass is 214 g/mol. The van der Waals surface area contributed by atoms with E-state index in [1.165, 1.54) is 0 Å². The Labute approximate surface area is 91.8 Å². The highest BCUT2D eigenvalue weighted by molar-refractivity contribution is 5.81. The lowest BCUT2D eigenvalue weighted by Crippen LogP contribution is -2.51. The summed E-state index contributed by atoms with van der Waals surface area (Å²) in [5.74, 6) is 0.0820. The minimum atomic E-state index is -0.328. The number of nitrogens with zero attached hydrogens (tertiary/aromatic N) is 1. The Morgan fingerprint density at radius 3 is 2.93 bits per heavy atom. The van der Waals surface area contributed by atoms with Gasteiger partial charge in [0.15, 0.2) is 0 Å². The van der Waals surface area contributed by atoms with Gasteiger partial charge in [0, 0.05) is 13.1 Å². The zero-order chi connectivity index (χ0) is 11.3. The van der Waals surface area contributed by atoms with Crippen molar-refractivity contribution in [2.24, 2.45) is 5.73 Å². The summed E-state index contributed by atoms with van der Waals surface area (Å²) in [6.07, 6.45) is 2.87. The molecular weight excluding hydrogens is 192 g/mol. The molecule has 2 N–H and O–H groups in total. The van der Waals surface area contributed by atoms with Crippen LogP contribution in [0.15, 0.2) is 0 Å². The quantitative estimate of drug-likeness (QED) is 0.751. The van der Waals surface area contributed by atoms with E-state index in [1.807, 2.05) is 11.8 Å². The molecule has 2 atom stereocenters. The van der Waals surface area contributed by atoms with Gasteiger partial charge in [-0.05, 0) is 12.8 Å². The second-order valence-corrected chi connectivity index (χ2v) is 4.08. The number of amides is 1.